The summed E-state index contributed by atoms with van der Waals surface area (Å²) in [5.41, 5.74) is 2.14. The maximum Gasteiger partial charge on any atom is 0.359 e. The molecule has 0 aliphatic heterocycles. The topological polar surface area (TPSA) is 55.0 Å². The van der Waals surface area contributed by atoms with Gasteiger partial charge in [0.25, 0.3) is 0 Å². The van der Waals surface area contributed by atoms with E-state index in [1.54, 1.807) is 25.1 Å². The van der Waals surface area contributed by atoms with Crippen molar-refractivity contribution in [3.8, 4) is 0 Å². The predicted octanol–water partition coefficient (Wildman–Crippen LogP) is 4.42. The van der Waals surface area contributed by atoms with Crippen LogP contribution in [0.4, 0.5) is 8.78 Å². The molecule has 1 aromatic heterocycles. The highest BCUT2D eigenvalue weighted by molar-refractivity contribution is 5.92. The molecular weight excluding hydrogens is 362 g/mol. The molecule has 1 aliphatic carbocycles. The second-order valence-corrected chi connectivity index (χ2v) is 6.69. The van der Waals surface area contributed by atoms with Gasteiger partial charge in [-0.05, 0) is 42.3 Å². The summed E-state index contributed by atoms with van der Waals surface area (Å²) in [6.45, 7) is 1.98. The van der Waals surface area contributed by atoms with Gasteiger partial charge in [0.05, 0.1) is 6.61 Å². The van der Waals surface area contributed by atoms with Gasteiger partial charge in [-0.2, -0.15) is 5.10 Å². The average molecular weight is 380 g/mol. The van der Waals surface area contributed by atoms with Gasteiger partial charge >= 0.3 is 5.97 Å². The lowest BCUT2D eigenvalue weighted by Gasteiger charge is -2.34. The van der Waals surface area contributed by atoms with Crippen LogP contribution in [-0.4, -0.2) is 22.8 Å². The summed E-state index contributed by atoms with van der Waals surface area (Å²) in [6.07, 6.45) is 4.01. The van der Waals surface area contributed by atoms with Gasteiger partial charge in [-0.3, -0.25) is 5.10 Å². The smallest absolute Gasteiger partial charge is 0.359 e. The Morgan fingerprint density at radius 3 is 2.36 bits per heavy atom. The van der Waals surface area contributed by atoms with Crippen LogP contribution < -0.4 is 0 Å². The summed E-state index contributed by atoms with van der Waals surface area (Å²) in [5, 5.41) is 7.00. The predicted molar refractivity (Wildman–Crippen MR) is 101 cm³/mol. The number of hydrogen-bond donors (Lipinski definition) is 1. The van der Waals surface area contributed by atoms with E-state index in [4.69, 9.17) is 4.74 Å². The lowest BCUT2D eigenvalue weighted by Crippen LogP contribution is -2.31. The Kier molecular flexibility index (Phi) is 4.55. The number of rotatable bonds is 4. The molecule has 6 heteroatoms. The Morgan fingerprint density at radius 2 is 1.79 bits per heavy atom. The molecule has 4 rings (SSSR count). The van der Waals surface area contributed by atoms with Crippen LogP contribution in [0.1, 0.15) is 39.8 Å². The Hall–Kier alpha value is -3.28. The molecule has 0 bridgehead atoms. The Morgan fingerprint density at radius 1 is 1.14 bits per heavy atom. The summed E-state index contributed by atoms with van der Waals surface area (Å²) >= 11 is 0. The number of aromatic amines is 1. The van der Waals surface area contributed by atoms with Crippen molar-refractivity contribution in [3.63, 3.8) is 0 Å². The zero-order valence-electron chi connectivity index (χ0n) is 15.2. The van der Waals surface area contributed by atoms with Crippen LogP contribution in [0.25, 0.3) is 6.08 Å². The van der Waals surface area contributed by atoms with Crippen LogP contribution in [0.2, 0.25) is 0 Å². The van der Waals surface area contributed by atoms with Crippen LogP contribution in [-0.2, 0) is 16.6 Å². The van der Waals surface area contributed by atoms with Crippen molar-refractivity contribution in [2.24, 2.45) is 0 Å². The maximum absolute atomic E-state index is 14.0. The molecule has 4 nitrogen and oxygen atoms in total. The van der Waals surface area contributed by atoms with E-state index < -0.39 is 11.4 Å². The molecule has 2 aromatic carbocycles. The van der Waals surface area contributed by atoms with Gasteiger partial charge in [-0.15, -0.1) is 0 Å². The average Bonchev–Trinajstić information content (AvgIpc) is 3.11. The molecule has 0 unspecified atom stereocenters. The Bertz CT molecular complexity index is 1030. The standard InChI is InChI=1S/C22H18F2N2O2/c1-2-28-21(27)20-18-9-10-22(13-19(18)25-26-20,14-5-3-7-16(23)11-14)15-6-4-8-17(24)12-15/h3-12H,2,13H2,1H3,(H,25,26). The van der Waals surface area contributed by atoms with E-state index in [1.165, 1.54) is 24.3 Å². The normalized spacial score (nSPS) is 14.5. The van der Waals surface area contributed by atoms with Gasteiger partial charge in [-0.25, -0.2) is 13.6 Å². The highest BCUT2D eigenvalue weighted by Crippen LogP contribution is 2.42. The molecule has 1 heterocycles. The van der Waals surface area contributed by atoms with E-state index in [-0.39, 0.29) is 23.9 Å². The molecule has 0 atom stereocenters. The number of H-pyrrole nitrogens is 1. The third kappa shape index (κ3) is 3.01. The minimum absolute atomic E-state index is 0.209. The lowest BCUT2D eigenvalue weighted by molar-refractivity contribution is 0.0519. The van der Waals surface area contributed by atoms with Gasteiger partial charge in [0.2, 0.25) is 0 Å². The fourth-order valence-electron chi connectivity index (χ4n) is 3.71. The van der Waals surface area contributed by atoms with Crippen molar-refractivity contribution >= 4 is 12.0 Å². The van der Waals surface area contributed by atoms with Crippen LogP contribution in [0.5, 0.6) is 0 Å². The van der Waals surface area contributed by atoms with E-state index in [0.717, 1.165) is 0 Å². The third-order valence-electron chi connectivity index (χ3n) is 5.02. The van der Waals surface area contributed by atoms with E-state index in [9.17, 15) is 13.6 Å². The monoisotopic (exact) mass is 380 g/mol. The zero-order chi connectivity index (χ0) is 19.7. The number of esters is 1. The van der Waals surface area contributed by atoms with Crippen molar-refractivity contribution in [3.05, 3.63) is 94.3 Å². The minimum atomic E-state index is -0.796. The summed E-state index contributed by atoms with van der Waals surface area (Å²) in [5.74, 6) is -1.25. The SMILES string of the molecule is CCOC(=O)c1n[nH]c2c1C=CC(c1cccc(F)c1)(c1cccc(F)c1)C2. The van der Waals surface area contributed by atoms with E-state index in [1.807, 2.05) is 18.2 Å². The number of hydrogen-bond acceptors (Lipinski definition) is 3. The molecule has 0 saturated heterocycles. The molecule has 1 aliphatic rings. The van der Waals surface area contributed by atoms with Gasteiger partial charge in [0.15, 0.2) is 5.69 Å². The highest BCUT2D eigenvalue weighted by atomic mass is 19.1. The number of nitrogens with zero attached hydrogens (tertiary/aromatic N) is 1. The highest BCUT2D eigenvalue weighted by Gasteiger charge is 2.37. The van der Waals surface area contributed by atoms with Crippen molar-refractivity contribution in [2.75, 3.05) is 6.61 Å². The largest absolute Gasteiger partial charge is 0.461 e. The second kappa shape index (κ2) is 7.03. The molecule has 3 aromatic rings. The van der Waals surface area contributed by atoms with E-state index >= 15 is 0 Å². The number of fused-ring (bicyclic) bond motifs is 1. The lowest BCUT2D eigenvalue weighted by atomic mass is 9.68. The summed E-state index contributed by atoms with van der Waals surface area (Å²) in [7, 11) is 0. The quantitative estimate of drug-likeness (QED) is 0.682. The van der Waals surface area contributed by atoms with Crippen molar-refractivity contribution in [1.82, 2.24) is 10.2 Å². The summed E-state index contributed by atoms with van der Waals surface area (Å²) < 4.78 is 33.0. The number of carbonyl (C=O) groups is 1. The molecular formula is C22H18F2N2O2. The molecule has 0 fully saturated rings. The second-order valence-electron chi connectivity index (χ2n) is 6.69. The van der Waals surface area contributed by atoms with Crippen LogP contribution in [0.15, 0.2) is 54.6 Å². The molecule has 1 N–H and O–H groups in total. The number of aromatic nitrogens is 2. The number of allylic oxidation sites excluding steroid dienone is 1. The van der Waals surface area contributed by atoms with Crippen LogP contribution in [0.3, 0.4) is 0 Å². The Balaban J connectivity index is 1.86. The van der Waals surface area contributed by atoms with Crippen LogP contribution >= 0.6 is 0 Å². The fraction of sp³-hybridized carbons (Fsp3) is 0.182. The minimum Gasteiger partial charge on any atom is -0.461 e. The summed E-state index contributed by atoms with van der Waals surface area (Å²) in [6, 6.07) is 12.5. The number of nitrogens with one attached hydrogen (secondary N) is 1. The number of ether oxygens (including phenoxy) is 1. The molecule has 0 radical (unpaired) electrons. The first kappa shape index (κ1) is 18.1. The molecule has 0 saturated carbocycles. The van der Waals surface area contributed by atoms with Gasteiger partial charge in [0.1, 0.15) is 11.6 Å². The number of benzene rings is 2. The maximum atomic E-state index is 14.0. The van der Waals surface area contributed by atoms with Gasteiger partial charge in [-0.1, -0.05) is 36.4 Å². The van der Waals surface area contributed by atoms with Gasteiger partial charge in [0, 0.05) is 23.1 Å². The first-order chi connectivity index (χ1) is 13.5. The van der Waals surface area contributed by atoms with Crippen molar-refractivity contribution < 1.29 is 18.3 Å². The Labute approximate surface area is 160 Å². The molecule has 0 amide bonds. The number of halogens is 2. The van der Waals surface area contributed by atoms with Crippen molar-refractivity contribution in [2.45, 2.75) is 18.8 Å². The van der Waals surface area contributed by atoms with E-state index in [2.05, 4.69) is 10.2 Å². The molecule has 0 spiro atoms. The number of carbonyl (C=O) groups excluding carboxylic acids is 1. The fourth-order valence-corrected chi connectivity index (χ4v) is 3.71. The van der Waals surface area contributed by atoms with E-state index in [0.29, 0.717) is 28.8 Å². The van der Waals surface area contributed by atoms with Crippen LogP contribution in [0, 0.1) is 11.6 Å². The van der Waals surface area contributed by atoms with Crippen molar-refractivity contribution in [1.29, 1.82) is 0 Å². The first-order valence-corrected chi connectivity index (χ1v) is 8.99. The molecule has 142 valence electrons. The third-order valence-corrected chi connectivity index (χ3v) is 5.02. The zero-order valence-corrected chi connectivity index (χ0v) is 15.2. The summed E-state index contributed by atoms with van der Waals surface area (Å²) in [4.78, 5) is 12.1. The van der Waals surface area contributed by atoms with Gasteiger partial charge < -0.3 is 4.74 Å². The molecule has 28 heavy (non-hydrogen) atoms. The first-order valence-electron chi connectivity index (χ1n) is 8.99.